The summed E-state index contributed by atoms with van der Waals surface area (Å²) in [5.74, 6) is 1.22. The van der Waals surface area contributed by atoms with Gasteiger partial charge in [-0.25, -0.2) is 9.97 Å². The Morgan fingerprint density at radius 2 is 1.97 bits per heavy atom. The van der Waals surface area contributed by atoms with Gasteiger partial charge in [0.1, 0.15) is 11.5 Å². The van der Waals surface area contributed by atoms with E-state index in [-0.39, 0.29) is 16.8 Å². The maximum atomic E-state index is 13.1. The molecule has 7 heteroatoms. The fourth-order valence-corrected chi connectivity index (χ4v) is 4.65. The van der Waals surface area contributed by atoms with Crippen molar-refractivity contribution < 1.29 is 9.21 Å². The normalized spacial score (nSPS) is 16.8. The molecule has 4 rings (SSSR count). The second-order valence-electron chi connectivity index (χ2n) is 8.57. The third kappa shape index (κ3) is 3.64. The van der Waals surface area contributed by atoms with Gasteiger partial charge >= 0.3 is 0 Å². The SMILES string of the molecule is CCC(C)Sc1nc2nc3c(c(-c4ccc(C)o4)c2c(=O)[nH]1)C(=O)CC(C)(C)C3. The molecule has 0 fully saturated rings. The summed E-state index contributed by atoms with van der Waals surface area (Å²) in [5.41, 5.74) is 1.61. The molecule has 1 N–H and O–H groups in total. The predicted octanol–water partition coefficient (Wildman–Crippen LogP) is 4.93. The highest BCUT2D eigenvalue weighted by Gasteiger charge is 2.36. The zero-order valence-electron chi connectivity index (χ0n) is 17.4. The van der Waals surface area contributed by atoms with Crippen LogP contribution in [0.4, 0.5) is 0 Å². The number of H-pyrrole nitrogens is 1. The average molecular weight is 412 g/mol. The van der Waals surface area contributed by atoms with Crippen molar-refractivity contribution in [2.75, 3.05) is 0 Å². The number of thioether (sulfide) groups is 1. The molecule has 6 nitrogen and oxygen atoms in total. The quantitative estimate of drug-likeness (QED) is 0.483. The van der Waals surface area contributed by atoms with Gasteiger partial charge in [0.15, 0.2) is 16.6 Å². The van der Waals surface area contributed by atoms with E-state index in [0.29, 0.717) is 56.9 Å². The van der Waals surface area contributed by atoms with Gasteiger partial charge in [0, 0.05) is 17.2 Å². The van der Waals surface area contributed by atoms with Crippen LogP contribution in [0.2, 0.25) is 0 Å². The lowest BCUT2D eigenvalue weighted by molar-refractivity contribution is 0.0911. The highest BCUT2D eigenvalue weighted by molar-refractivity contribution is 7.99. The number of aromatic amines is 1. The van der Waals surface area contributed by atoms with E-state index in [1.807, 2.05) is 13.0 Å². The lowest BCUT2D eigenvalue weighted by Gasteiger charge is -2.30. The molecule has 3 heterocycles. The summed E-state index contributed by atoms with van der Waals surface area (Å²) in [6.07, 6.45) is 2.02. The van der Waals surface area contributed by atoms with Crippen LogP contribution in [0.5, 0.6) is 0 Å². The van der Waals surface area contributed by atoms with E-state index in [1.165, 1.54) is 11.8 Å². The summed E-state index contributed by atoms with van der Waals surface area (Å²) in [6.45, 7) is 10.1. The number of carbonyl (C=O) groups is 1. The molecule has 1 unspecified atom stereocenters. The minimum Gasteiger partial charge on any atom is -0.461 e. The van der Waals surface area contributed by atoms with Gasteiger partial charge in [0.25, 0.3) is 5.56 Å². The Bertz CT molecular complexity index is 1180. The molecule has 0 saturated heterocycles. The monoisotopic (exact) mass is 411 g/mol. The largest absolute Gasteiger partial charge is 0.461 e. The van der Waals surface area contributed by atoms with Crippen LogP contribution in [-0.4, -0.2) is 26.0 Å². The average Bonchev–Trinajstić information content (AvgIpc) is 3.04. The molecule has 3 aromatic heterocycles. The molecule has 0 aliphatic heterocycles. The molecule has 29 heavy (non-hydrogen) atoms. The summed E-state index contributed by atoms with van der Waals surface area (Å²) in [4.78, 5) is 38.4. The molecule has 0 radical (unpaired) electrons. The Kier molecular flexibility index (Phi) is 4.89. The van der Waals surface area contributed by atoms with Crippen molar-refractivity contribution in [1.82, 2.24) is 15.0 Å². The first-order valence-electron chi connectivity index (χ1n) is 9.92. The van der Waals surface area contributed by atoms with E-state index >= 15 is 0 Å². The van der Waals surface area contributed by atoms with Crippen LogP contribution in [0.1, 0.15) is 62.3 Å². The Morgan fingerprint density at radius 1 is 1.21 bits per heavy atom. The Balaban J connectivity index is 2.05. The summed E-state index contributed by atoms with van der Waals surface area (Å²) < 4.78 is 5.85. The number of Topliss-reactive ketones (excluding diaryl/α,β-unsaturated/α-hetero) is 1. The smallest absolute Gasteiger partial charge is 0.261 e. The van der Waals surface area contributed by atoms with Crippen LogP contribution in [0, 0.1) is 12.3 Å². The second-order valence-corrected chi connectivity index (χ2v) is 9.99. The van der Waals surface area contributed by atoms with Crippen molar-refractivity contribution in [3.63, 3.8) is 0 Å². The number of fused-ring (bicyclic) bond motifs is 2. The van der Waals surface area contributed by atoms with Crippen LogP contribution in [0.3, 0.4) is 0 Å². The maximum absolute atomic E-state index is 13.1. The molecule has 0 saturated carbocycles. The molecule has 0 amide bonds. The number of aromatic nitrogens is 3. The Hall–Kier alpha value is -2.41. The minimum atomic E-state index is -0.294. The topological polar surface area (TPSA) is 88.8 Å². The first-order chi connectivity index (χ1) is 13.7. The van der Waals surface area contributed by atoms with Gasteiger partial charge in [-0.15, -0.1) is 0 Å². The number of hydrogen-bond acceptors (Lipinski definition) is 6. The third-order valence-corrected chi connectivity index (χ3v) is 6.50. The van der Waals surface area contributed by atoms with Gasteiger partial charge in [-0.2, -0.15) is 0 Å². The summed E-state index contributed by atoms with van der Waals surface area (Å²) in [5, 5.41) is 1.19. The van der Waals surface area contributed by atoms with Crippen molar-refractivity contribution in [2.24, 2.45) is 5.41 Å². The van der Waals surface area contributed by atoms with E-state index in [4.69, 9.17) is 9.40 Å². The number of ketones is 1. The van der Waals surface area contributed by atoms with Crippen molar-refractivity contribution in [2.45, 2.75) is 64.3 Å². The van der Waals surface area contributed by atoms with Crippen LogP contribution in [0.15, 0.2) is 26.5 Å². The molecule has 1 aliphatic rings. The third-order valence-electron chi connectivity index (χ3n) is 5.35. The predicted molar refractivity (Wildman–Crippen MR) is 115 cm³/mol. The highest BCUT2D eigenvalue weighted by atomic mass is 32.2. The standard InChI is InChI=1S/C22H25N3O3S/c1-6-12(3)29-21-24-19-18(20(27)25-21)17(15-8-7-11(2)28-15)16-13(23-19)9-22(4,5)10-14(16)26/h7-8,12H,6,9-10H2,1-5H3,(H,23,24,25,27). The Morgan fingerprint density at radius 3 is 2.62 bits per heavy atom. The molecule has 0 spiro atoms. The molecular formula is C22H25N3O3S. The van der Waals surface area contributed by atoms with Gasteiger partial charge in [-0.05, 0) is 37.3 Å². The minimum absolute atomic E-state index is 0.00726. The summed E-state index contributed by atoms with van der Waals surface area (Å²) >= 11 is 1.52. The van der Waals surface area contributed by atoms with Crippen molar-refractivity contribution in [3.05, 3.63) is 39.5 Å². The maximum Gasteiger partial charge on any atom is 0.261 e. The first-order valence-corrected chi connectivity index (χ1v) is 10.8. The second kappa shape index (κ2) is 7.13. The highest BCUT2D eigenvalue weighted by Crippen LogP contribution is 2.41. The summed E-state index contributed by atoms with van der Waals surface area (Å²) in [6, 6.07) is 3.64. The van der Waals surface area contributed by atoms with E-state index in [0.717, 1.165) is 12.2 Å². The number of furan rings is 1. The molecular weight excluding hydrogens is 386 g/mol. The molecule has 1 aliphatic carbocycles. The lowest BCUT2D eigenvalue weighted by atomic mass is 9.74. The number of pyridine rings is 1. The van der Waals surface area contributed by atoms with Crippen LogP contribution in [-0.2, 0) is 6.42 Å². The van der Waals surface area contributed by atoms with Crippen LogP contribution >= 0.6 is 11.8 Å². The van der Waals surface area contributed by atoms with E-state index in [9.17, 15) is 9.59 Å². The van der Waals surface area contributed by atoms with E-state index < -0.39 is 0 Å². The molecule has 152 valence electrons. The number of aryl methyl sites for hydroxylation is 1. The molecule has 0 bridgehead atoms. The van der Waals surface area contributed by atoms with Gasteiger partial charge in [-0.3, -0.25) is 9.59 Å². The lowest BCUT2D eigenvalue weighted by Crippen LogP contribution is -2.29. The number of nitrogens with one attached hydrogen (secondary N) is 1. The number of rotatable bonds is 4. The van der Waals surface area contributed by atoms with Gasteiger partial charge < -0.3 is 9.40 Å². The van der Waals surface area contributed by atoms with Crippen molar-refractivity contribution in [1.29, 1.82) is 0 Å². The van der Waals surface area contributed by atoms with Gasteiger partial charge in [0.05, 0.1) is 16.6 Å². The van der Waals surface area contributed by atoms with Crippen molar-refractivity contribution in [3.8, 4) is 11.3 Å². The zero-order chi connectivity index (χ0) is 20.9. The fraction of sp³-hybridized carbons (Fsp3) is 0.455. The van der Waals surface area contributed by atoms with Gasteiger partial charge in [0.2, 0.25) is 0 Å². The summed E-state index contributed by atoms with van der Waals surface area (Å²) in [7, 11) is 0. The van der Waals surface area contributed by atoms with Crippen molar-refractivity contribution >= 4 is 28.6 Å². The number of hydrogen-bond donors (Lipinski definition) is 1. The number of carbonyl (C=O) groups excluding carboxylic acids is 1. The molecule has 3 aromatic rings. The van der Waals surface area contributed by atoms with E-state index in [1.54, 1.807) is 6.07 Å². The van der Waals surface area contributed by atoms with Crippen LogP contribution < -0.4 is 5.56 Å². The van der Waals surface area contributed by atoms with Gasteiger partial charge in [-0.1, -0.05) is 39.5 Å². The number of nitrogens with zero attached hydrogens (tertiary/aromatic N) is 2. The molecule has 0 aromatic carbocycles. The van der Waals surface area contributed by atoms with Crippen LogP contribution in [0.25, 0.3) is 22.4 Å². The fourth-order valence-electron chi connectivity index (χ4n) is 3.81. The van der Waals surface area contributed by atoms with E-state index in [2.05, 4.69) is 37.7 Å². The molecule has 1 atom stereocenters. The first kappa shape index (κ1) is 19.9. The zero-order valence-corrected chi connectivity index (χ0v) is 18.2. The Labute approximate surface area is 173 Å².